The number of sulfonamides is 1. The fraction of sp³-hybridized carbons (Fsp3) is 0.364. The fourth-order valence-electron chi connectivity index (χ4n) is 1.81. The zero-order valence-corrected chi connectivity index (χ0v) is 11.6. The van der Waals surface area contributed by atoms with E-state index in [1.165, 1.54) is 11.8 Å². The first-order valence-corrected chi connectivity index (χ1v) is 8.21. The second kappa shape index (κ2) is 5.48. The highest BCUT2D eigenvalue weighted by Gasteiger charge is 2.23. The molecule has 1 heterocycles. The molecule has 1 unspecified atom stereocenters. The monoisotopic (exact) mass is 304 g/mol. The Kier molecular flexibility index (Phi) is 4.12. The summed E-state index contributed by atoms with van der Waals surface area (Å²) >= 11 is 1.53. The van der Waals surface area contributed by atoms with E-state index in [-0.39, 0.29) is 21.7 Å². The number of thioether (sulfide) groups is 1. The molecule has 104 valence electrons. The van der Waals surface area contributed by atoms with Crippen molar-refractivity contribution in [3.05, 3.63) is 24.0 Å². The zero-order chi connectivity index (χ0) is 14.0. The third kappa shape index (κ3) is 3.68. The van der Waals surface area contributed by atoms with Crippen LogP contribution in [-0.2, 0) is 14.8 Å². The maximum Gasteiger partial charge on any atom is 0.238 e. The summed E-state index contributed by atoms with van der Waals surface area (Å²) in [6.07, 6.45) is 1.74. The lowest BCUT2D eigenvalue weighted by Crippen LogP contribution is -2.23. The van der Waals surface area contributed by atoms with Gasteiger partial charge < -0.3 is 5.32 Å². The van der Waals surface area contributed by atoms with Gasteiger partial charge in [0.05, 0.1) is 10.1 Å². The van der Waals surface area contributed by atoms with Crippen LogP contribution in [-0.4, -0.2) is 25.3 Å². The van der Waals surface area contributed by atoms with Crippen molar-refractivity contribution in [3.63, 3.8) is 0 Å². The lowest BCUT2D eigenvalue weighted by Gasteiger charge is -2.11. The summed E-state index contributed by atoms with van der Waals surface area (Å²) in [5.41, 5.74) is 0.0986. The standard InChI is InChI=1S/C11H13FN2O3S2/c12-7-4-8(6-9(5-7)19(13,16)17)14-11(15)10-2-1-3-18-10/h4-6,10H,1-3H2,(H,14,15)(H2,13,16,17). The van der Waals surface area contributed by atoms with Crippen molar-refractivity contribution in [2.45, 2.75) is 23.0 Å². The minimum absolute atomic E-state index is 0.0986. The van der Waals surface area contributed by atoms with Crippen molar-refractivity contribution in [1.29, 1.82) is 0 Å². The van der Waals surface area contributed by atoms with Crippen LogP contribution in [0.4, 0.5) is 10.1 Å². The lowest BCUT2D eigenvalue weighted by atomic mass is 10.2. The van der Waals surface area contributed by atoms with Crippen LogP contribution in [0.3, 0.4) is 0 Å². The first kappa shape index (κ1) is 14.3. The van der Waals surface area contributed by atoms with Crippen LogP contribution in [0.15, 0.2) is 23.1 Å². The summed E-state index contributed by atoms with van der Waals surface area (Å²) in [5, 5.41) is 7.29. The van der Waals surface area contributed by atoms with Gasteiger partial charge in [0.15, 0.2) is 0 Å². The Morgan fingerprint density at radius 1 is 1.42 bits per heavy atom. The minimum Gasteiger partial charge on any atom is -0.325 e. The topological polar surface area (TPSA) is 89.3 Å². The molecule has 3 N–H and O–H groups in total. The number of nitrogens with one attached hydrogen (secondary N) is 1. The number of carbonyl (C=O) groups is 1. The van der Waals surface area contributed by atoms with Crippen LogP contribution in [0.2, 0.25) is 0 Å². The molecule has 1 saturated heterocycles. The Labute approximate surface area is 114 Å². The van der Waals surface area contributed by atoms with Crippen molar-refractivity contribution in [3.8, 4) is 0 Å². The molecule has 5 nitrogen and oxygen atoms in total. The maximum absolute atomic E-state index is 13.3. The molecule has 1 aliphatic heterocycles. The number of carbonyl (C=O) groups excluding carboxylic acids is 1. The van der Waals surface area contributed by atoms with Crippen LogP contribution >= 0.6 is 11.8 Å². The van der Waals surface area contributed by atoms with Crippen LogP contribution in [0.5, 0.6) is 0 Å². The summed E-state index contributed by atoms with van der Waals surface area (Å²) in [6, 6.07) is 3.03. The molecule has 2 rings (SSSR count). The summed E-state index contributed by atoms with van der Waals surface area (Å²) < 4.78 is 35.7. The molecule has 0 spiro atoms. The first-order valence-electron chi connectivity index (χ1n) is 5.62. The van der Waals surface area contributed by atoms with E-state index in [4.69, 9.17) is 5.14 Å². The SMILES string of the molecule is NS(=O)(=O)c1cc(F)cc(NC(=O)C2CCCS2)c1. The quantitative estimate of drug-likeness (QED) is 0.881. The number of hydrogen-bond donors (Lipinski definition) is 2. The molecule has 0 radical (unpaired) electrons. The highest BCUT2D eigenvalue weighted by atomic mass is 32.2. The number of halogens is 1. The van der Waals surface area contributed by atoms with Gasteiger partial charge in [0.25, 0.3) is 0 Å². The normalized spacial score (nSPS) is 19.4. The van der Waals surface area contributed by atoms with Gasteiger partial charge in [-0.25, -0.2) is 17.9 Å². The van der Waals surface area contributed by atoms with E-state index in [0.29, 0.717) is 0 Å². The number of primary sulfonamides is 1. The van der Waals surface area contributed by atoms with Crippen LogP contribution in [0, 0.1) is 5.82 Å². The molecule has 19 heavy (non-hydrogen) atoms. The van der Waals surface area contributed by atoms with E-state index in [1.807, 2.05) is 0 Å². The molecule has 0 aromatic heterocycles. The van der Waals surface area contributed by atoms with Crippen molar-refractivity contribution >= 4 is 33.4 Å². The Morgan fingerprint density at radius 3 is 2.74 bits per heavy atom. The average molecular weight is 304 g/mol. The molecule has 8 heteroatoms. The predicted octanol–water partition coefficient (Wildman–Crippen LogP) is 1.31. The highest BCUT2D eigenvalue weighted by Crippen LogP contribution is 2.27. The molecular weight excluding hydrogens is 291 g/mol. The van der Waals surface area contributed by atoms with E-state index in [2.05, 4.69) is 5.32 Å². The largest absolute Gasteiger partial charge is 0.325 e. The molecule has 1 aromatic carbocycles. The number of benzene rings is 1. The number of anilines is 1. The first-order chi connectivity index (χ1) is 8.86. The third-order valence-corrected chi connectivity index (χ3v) is 4.96. The summed E-state index contributed by atoms with van der Waals surface area (Å²) in [5.74, 6) is -0.0849. The third-order valence-electron chi connectivity index (χ3n) is 2.69. The van der Waals surface area contributed by atoms with E-state index in [0.717, 1.165) is 36.8 Å². The average Bonchev–Trinajstić information content (AvgIpc) is 2.80. The number of rotatable bonds is 3. The van der Waals surface area contributed by atoms with Crippen LogP contribution in [0.1, 0.15) is 12.8 Å². The zero-order valence-electron chi connectivity index (χ0n) is 9.93. The number of amides is 1. The lowest BCUT2D eigenvalue weighted by molar-refractivity contribution is -0.115. The minimum atomic E-state index is -4.00. The highest BCUT2D eigenvalue weighted by molar-refractivity contribution is 8.00. The molecular formula is C11H13FN2O3S2. The van der Waals surface area contributed by atoms with Gasteiger partial charge in [0, 0.05) is 5.69 Å². The Hall–Kier alpha value is -1.12. The number of nitrogens with two attached hydrogens (primary N) is 1. The Morgan fingerprint density at radius 2 is 2.16 bits per heavy atom. The molecule has 1 atom stereocenters. The summed E-state index contributed by atoms with van der Waals surface area (Å²) in [4.78, 5) is 11.5. The molecule has 0 saturated carbocycles. The van der Waals surface area contributed by atoms with E-state index in [1.54, 1.807) is 0 Å². The van der Waals surface area contributed by atoms with Gasteiger partial charge in [-0.15, -0.1) is 11.8 Å². The Balaban J connectivity index is 2.20. The van der Waals surface area contributed by atoms with Gasteiger partial charge in [-0.2, -0.15) is 0 Å². The fourth-order valence-corrected chi connectivity index (χ4v) is 3.54. The van der Waals surface area contributed by atoms with Gasteiger partial charge in [-0.3, -0.25) is 4.79 Å². The predicted molar refractivity (Wildman–Crippen MR) is 71.9 cm³/mol. The van der Waals surface area contributed by atoms with Gasteiger partial charge in [0.2, 0.25) is 15.9 Å². The maximum atomic E-state index is 13.3. The van der Waals surface area contributed by atoms with Gasteiger partial charge in [0.1, 0.15) is 5.82 Å². The summed E-state index contributed by atoms with van der Waals surface area (Å²) in [7, 11) is -4.00. The van der Waals surface area contributed by atoms with Crippen LogP contribution < -0.4 is 10.5 Å². The molecule has 0 bridgehead atoms. The number of hydrogen-bond acceptors (Lipinski definition) is 4. The van der Waals surface area contributed by atoms with Crippen molar-refractivity contribution in [1.82, 2.24) is 0 Å². The van der Waals surface area contributed by atoms with E-state index < -0.39 is 15.8 Å². The van der Waals surface area contributed by atoms with Crippen LogP contribution in [0.25, 0.3) is 0 Å². The van der Waals surface area contributed by atoms with Crippen molar-refractivity contribution in [2.75, 3.05) is 11.1 Å². The summed E-state index contributed by atoms with van der Waals surface area (Å²) in [6.45, 7) is 0. The second-order valence-corrected chi connectivity index (χ2v) is 7.08. The van der Waals surface area contributed by atoms with Gasteiger partial charge in [-0.1, -0.05) is 0 Å². The Bertz CT molecular complexity index is 598. The molecule has 1 fully saturated rings. The van der Waals surface area contributed by atoms with Crippen molar-refractivity contribution in [2.24, 2.45) is 5.14 Å². The molecule has 0 aliphatic carbocycles. The van der Waals surface area contributed by atoms with Crippen molar-refractivity contribution < 1.29 is 17.6 Å². The van der Waals surface area contributed by atoms with Gasteiger partial charge >= 0.3 is 0 Å². The second-order valence-electron chi connectivity index (χ2n) is 4.21. The van der Waals surface area contributed by atoms with E-state index >= 15 is 0 Å². The molecule has 1 amide bonds. The van der Waals surface area contributed by atoms with Gasteiger partial charge in [-0.05, 0) is 36.8 Å². The molecule has 1 aromatic rings. The molecule has 1 aliphatic rings. The van der Waals surface area contributed by atoms with E-state index in [9.17, 15) is 17.6 Å². The smallest absolute Gasteiger partial charge is 0.238 e.